The van der Waals surface area contributed by atoms with Crippen LogP contribution in [0, 0.1) is 47.3 Å². The fourth-order valence-electron chi connectivity index (χ4n) is 9.15. The van der Waals surface area contributed by atoms with E-state index in [1.54, 1.807) is 62.3 Å². The molecule has 5 heterocycles. The average molecular weight is 1280 g/mol. The summed E-state index contributed by atoms with van der Waals surface area (Å²) < 4.78 is 40.1. The third-order valence-electron chi connectivity index (χ3n) is 14.8. The van der Waals surface area contributed by atoms with Gasteiger partial charge >= 0.3 is 23.1 Å². The van der Waals surface area contributed by atoms with E-state index in [2.05, 4.69) is 42.9 Å². The Bertz CT molecular complexity index is 1890. The van der Waals surface area contributed by atoms with Crippen LogP contribution in [0.2, 0.25) is 0 Å². The molecule has 0 aromatic carbocycles. The smallest absolute Gasteiger partial charge is 0.547 e. The van der Waals surface area contributed by atoms with Gasteiger partial charge in [0.15, 0.2) is 0 Å². The zero-order valence-electron chi connectivity index (χ0n) is 48.2. The number of thiocarbonyl (C=S) groups is 2. The zero-order valence-corrected chi connectivity index (χ0v) is 52.6. The van der Waals surface area contributed by atoms with Crippen molar-refractivity contribution in [1.29, 1.82) is 0 Å². The van der Waals surface area contributed by atoms with Crippen molar-refractivity contribution in [1.82, 2.24) is 0 Å². The molecule has 32 heteroatoms. The van der Waals surface area contributed by atoms with E-state index in [1.165, 1.54) is 6.92 Å². The molecule has 5 saturated heterocycles. The molecular formula is C50H92MgO27P2S2-2. The van der Waals surface area contributed by atoms with Crippen LogP contribution < -0.4 is 20.4 Å². The molecule has 27 nitrogen and oxygen atoms in total. The van der Waals surface area contributed by atoms with Crippen molar-refractivity contribution in [3.63, 3.8) is 0 Å². The number of ether oxygens (including phenoxy) is 6. The van der Waals surface area contributed by atoms with E-state index >= 15 is 0 Å². The third kappa shape index (κ3) is 22.8. The van der Waals surface area contributed by atoms with Crippen molar-refractivity contribution in [2.24, 2.45) is 47.3 Å². The molecular weight excluding hydrogens is 1180 g/mol. The second kappa shape index (κ2) is 39.1. The quantitative estimate of drug-likeness (QED) is 0.0366. The summed E-state index contributed by atoms with van der Waals surface area (Å²) in [5.41, 5.74) is -1.62. The number of aliphatic hydroxyl groups excluding tert-OH is 11. The SMILES string of the molecule is C.CC(P)O[C@@]1(C(=O)[O-])C[C@@H](O)[C@@H](C)C([C@H](O)[C@H](C)CO)O1.C[C@H](CO)C1O[C@]2(C(=O)[O-])C[C@@H](O)[C@@H](C)C1O2.C[C@H](CO)[C@@H](O)C1OC(O)(C(=O)[O-])C[C@@H](O)[C@H]1C.C[C@H](CO)[C@@H](O)C1O[C@@](C)(C(=O)[O-])C[C@@H](O)[C@H]1C.O.S=C=S.[3H]CP.[Mg+2]. The van der Waals surface area contributed by atoms with Gasteiger partial charge in [-0.15, -0.1) is 18.5 Å². The van der Waals surface area contributed by atoms with E-state index in [1.807, 2.05) is 4.31 Å². The van der Waals surface area contributed by atoms with Crippen molar-refractivity contribution in [2.75, 3.05) is 33.1 Å². The minimum atomic E-state index is -2.62. The van der Waals surface area contributed by atoms with Gasteiger partial charge in [0, 0.05) is 105 Å². The summed E-state index contributed by atoms with van der Waals surface area (Å²) in [6.45, 7) is 15.5. The molecule has 0 amide bonds. The largest absolute Gasteiger partial charge is 2.00 e. The molecule has 14 N–H and O–H groups in total. The predicted molar refractivity (Wildman–Crippen MR) is 298 cm³/mol. The molecule has 5 aliphatic rings. The first-order chi connectivity index (χ1) is 36.8. The van der Waals surface area contributed by atoms with E-state index < -0.39 is 168 Å². The van der Waals surface area contributed by atoms with Crippen LogP contribution in [0.5, 0.6) is 0 Å². The minimum Gasteiger partial charge on any atom is -0.547 e. The summed E-state index contributed by atoms with van der Waals surface area (Å²) in [5, 5.41) is 160. The second-order valence-corrected chi connectivity index (χ2v) is 22.7. The Morgan fingerprint density at radius 2 is 0.988 bits per heavy atom. The monoisotopic (exact) mass is 1280 g/mol. The van der Waals surface area contributed by atoms with Crippen molar-refractivity contribution in [2.45, 2.75) is 204 Å². The van der Waals surface area contributed by atoms with Crippen molar-refractivity contribution in [3.05, 3.63) is 0 Å². The molecule has 2 bridgehead atoms. The van der Waals surface area contributed by atoms with Crippen molar-refractivity contribution >= 4 is 94.2 Å². The summed E-state index contributed by atoms with van der Waals surface area (Å²) in [6, 6.07) is 0. The number of carboxylic acid groups (broad SMARTS) is 4. The second-order valence-electron chi connectivity index (χ2n) is 21.1. The fraction of sp³-hybridized carbons (Fsp3) is 0.900. The maximum absolute atomic E-state index is 11.5. The molecule has 5 fully saturated rings. The van der Waals surface area contributed by atoms with Gasteiger partial charge in [0.05, 0.1) is 85.1 Å². The molecule has 0 aromatic heterocycles. The van der Waals surface area contributed by atoms with Gasteiger partial charge in [-0.05, 0) is 38.3 Å². The Hall–Kier alpha value is -1.03. The molecule has 5 rings (SSSR count). The predicted octanol–water partition coefficient (Wildman–Crippen LogP) is -6.90. The topological polar surface area (TPSA) is 490 Å². The van der Waals surface area contributed by atoms with Crippen LogP contribution in [0.25, 0.3) is 0 Å². The first-order valence-electron chi connectivity index (χ1n) is 26.1. The van der Waals surface area contributed by atoms with E-state index in [0.717, 1.165) is 0 Å². The number of carbonyl (C=O) groups is 4. The Morgan fingerprint density at radius 1 is 0.622 bits per heavy atom. The van der Waals surface area contributed by atoms with Gasteiger partial charge in [0.25, 0.3) is 0 Å². The molecule has 0 radical (unpaired) electrons. The van der Waals surface area contributed by atoms with Gasteiger partial charge < -0.3 is 135 Å². The fourth-order valence-corrected chi connectivity index (χ4v) is 9.37. The number of aliphatic hydroxyl groups is 12. The normalized spacial score (nSPS) is 37.4. The van der Waals surface area contributed by atoms with Gasteiger partial charge in [0.2, 0.25) is 17.4 Å². The van der Waals surface area contributed by atoms with Crippen LogP contribution in [-0.4, -0.2) is 253 Å². The van der Waals surface area contributed by atoms with Gasteiger partial charge in [-0.25, -0.2) is 0 Å². The maximum Gasteiger partial charge on any atom is 2.00 e. The summed E-state index contributed by atoms with van der Waals surface area (Å²) in [4.78, 5) is 44.4. The zero-order chi connectivity index (χ0) is 62.7. The molecule has 0 aromatic rings. The van der Waals surface area contributed by atoms with Gasteiger partial charge in [-0.2, -0.15) is 0 Å². The number of fused-ring (bicyclic) bond motifs is 2. The van der Waals surface area contributed by atoms with Crippen LogP contribution >= 0.6 is 42.9 Å². The van der Waals surface area contributed by atoms with E-state index in [9.17, 15) is 80.5 Å². The van der Waals surface area contributed by atoms with Gasteiger partial charge in [0.1, 0.15) is 23.5 Å². The average Bonchev–Trinajstić information content (AvgIpc) is 3.74. The van der Waals surface area contributed by atoms with Crippen LogP contribution in [-0.2, 0) is 47.6 Å². The number of rotatable bonds is 17. The number of hydrogen-bond acceptors (Lipinski definition) is 28. The first-order valence-corrected chi connectivity index (χ1v) is 27.7. The Kier molecular flexibility index (Phi) is 40.6. The van der Waals surface area contributed by atoms with Crippen LogP contribution in [0.4, 0.5) is 0 Å². The third-order valence-corrected chi connectivity index (χ3v) is 14.9. The number of carbonyl (C=O) groups excluding carboxylic acids is 4. The summed E-state index contributed by atoms with van der Waals surface area (Å²) >= 11 is 7.92. The molecule has 82 heavy (non-hydrogen) atoms. The first kappa shape index (κ1) is 85.2. The molecule has 0 aliphatic carbocycles. The number of hydrogen-bond donors (Lipinski definition) is 12. The molecule has 5 aliphatic heterocycles. The van der Waals surface area contributed by atoms with Gasteiger partial charge in [-0.1, -0.05) is 69.5 Å². The molecule has 0 spiro atoms. The van der Waals surface area contributed by atoms with E-state index in [-0.39, 0.29) is 93.5 Å². The number of aliphatic carboxylic acids is 4. The van der Waals surface area contributed by atoms with Crippen molar-refractivity contribution < 1.29 is 136 Å². The van der Waals surface area contributed by atoms with Crippen LogP contribution in [0.3, 0.4) is 0 Å². The summed E-state index contributed by atoms with van der Waals surface area (Å²) in [7, 11) is 4.52. The Balaban J connectivity index is -0.000000480. The molecule has 0 saturated carbocycles. The summed E-state index contributed by atoms with van der Waals surface area (Å²) in [6.07, 6.45) is -12.3. The minimum absolute atomic E-state index is 0. The number of carboxylic acids is 4. The van der Waals surface area contributed by atoms with Crippen LogP contribution in [0.1, 0.15) is 104 Å². The standard InChI is InChI=1S/C13H25O7P.C12H22O6.C11H20O7.C11H18O6.CH5P.CS2.CH4.Mg.H2O/c1-6(5-14)10(16)11-7(2)9(15)4-13(20-11,12(17)18)19-8(3)21;1-6(5-13)9(15)10-7(2)8(14)4-12(3,18-10)11(16)17;1-5(4-12)8(14)9-6(2)7(13)3-11(17,18-9)10(15)16;1-5(4-12)8-9-6(2)7(13)3-11(16-8,17-9)10(14)15;1-2;2-1-3;;;/h6-11,14-16H,4-5,21H2,1-3H3,(H,17,18);6-10,13-15H,4-5H2,1-3H3,(H,16,17);5-9,12-14,17H,3-4H2,1-2H3,(H,15,16);5-9,12-13H,3-4H2,1-2H3,(H,14,15);2H2,1H3;;1H4;;1H2/q;;;;;;;+2;/p-4/t6-,7-,8?,9-,10-,11?,13+;6-,7-,8-,9-,10?,12-;5-,6-,7-,8-,9?,11?;5-,6-,7-,8?,9?,11-;;;;;/m1111...../s1/i;;;;1T;;;;. The maximum atomic E-state index is 11.5. The molecule has 9 unspecified atom stereocenters. The van der Waals surface area contributed by atoms with E-state index in [4.69, 9.17) is 50.2 Å². The Morgan fingerprint density at radius 3 is 1.33 bits per heavy atom. The molecule has 27 atom stereocenters. The molecule has 480 valence electrons. The van der Waals surface area contributed by atoms with Gasteiger partial charge in [-0.3, -0.25) is 0 Å². The van der Waals surface area contributed by atoms with Crippen molar-refractivity contribution in [3.8, 4) is 0 Å². The summed E-state index contributed by atoms with van der Waals surface area (Å²) in [5.74, 6) is -17.0. The van der Waals surface area contributed by atoms with E-state index in [0.29, 0.717) is 6.64 Å². The Labute approximate surface area is 512 Å². The van der Waals surface area contributed by atoms with Crippen LogP contribution in [0.15, 0.2) is 0 Å².